The maximum Gasteiger partial charge on any atom is 0.104 e. The van der Waals surface area contributed by atoms with Gasteiger partial charge in [0.1, 0.15) is 6.10 Å². The fourth-order valence-electron chi connectivity index (χ4n) is 2.35. The highest BCUT2D eigenvalue weighted by molar-refractivity contribution is 5.30. The Bertz CT molecular complexity index is 396. The van der Waals surface area contributed by atoms with E-state index in [9.17, 15) is 0 Å². The largest absolute Gasteiger partial charge is 0.380 e. The highest BCUT2D eigenvalue weighted by atomic mass is 16.6. The summed E-state index contributed by atoms with van der Waals surface area (Å²) in [5, 5.41) is 0. The van der Waals surface area contributed by atoms with Crippen LogP contribution in [0.25, 0.3) is 0 Å². The van der Waals surface area contributed by atoms with E-state index in [1.807, 2.05) is 0 Å². The van der Waals surface area contributed by atoms with E-state index < -0.39 is 0 Å². The number of hydrogen-bond acceptors (Lipinski definition) is 3. The van der Waals surface area contributed by atoms with Crippen molar-refractivity contribution >= 4 is 0 Å². The van der Waals surface area contributed by atoms with Crippen molar-refractivity contribution in [2.24, 2.45) is 5.92 Å². The van der Waals surface area contributed by atoms with Crippen LogP contribution < -0.4 is 0 Å². The molecule has 18 heavy (non-hydrogen) atoms. The van der Waals surface area contributed by atoms with Crippen molar-refractivity contribution < 1.29 is 14.2 Å². The molecule has 1 saturated carbocycles. The van der Waals surface area contributed by atoms with Gasteiger partial charge >= 0.3 is 0 Å². The van der Waals surface area contributed by atoms with Crippen LogP contribution in [-0.2, 0) is 20.8 Å². The first-order valence-corrected chi connectivity index (χ1v) is 6.68. The van der Waals surface area contributed by atoms with Gasteiger partial charge in [-0.3, -0.25) is 0 Å². The van der Waals surface area contributed by atoms with Gasteiger partial charge < -0.3 is 14.2 Å². The average molecular weight is 248 g/mol. The molecule has 2 fully saturated rings. The summed E-state index contributed by atoms with van der Waals surface area (Å²) in [4.78, 5) is 0. The monoisotopic (exact) mass is 248 g/mol. The van der Waals surface area contributed by atoms with E-state index in [1.54, 1.807) is 7.11 Å². The molecule has 0 unspecified atom stereocenters. The highest BCUT2D eigenvalue weighted by Gasteiger charge is 2.35. The zero-order valence-electron chi connectivity index (χ0n) is 10.8. The van der Waals surface area contributed by atoms with Crippen molar-refractivity contribution in [2.75, 3.05) is 20.3 Å². The van der Waals surface area contributed by atoms with Crippen molar-refractivity contribution in [2.45, 2.75) is 31.7 Å². The van der Waals surface area contributed by atoms with Crippen LogP contribution in [0.3, 0.4) is 0 Å². The third-order valence-corrected chi connectivity index (χ3v) is 3.58. The van der Waals surface area contributed by atoms with Gasteiger partial charge in [0.2, 0.25) is 0 Å². The van der Waals surface area contributed by atoms with E-state index >= 15 is 0 Å². The number of methoxy groups -OCH3 is 1. The summed E-state index contributed by atoms with van der Waals surface area (Å²) in [7, 11) is 1.74. The quantitative estimate of drug-likeness (QED) is 0.695. The first kappa shape index (κ1) is 12.2. The first-order valence-electron chi connectivity index (χ1n) is 6.68. The molecule has 98 valence electrons. The number of benzene rings is 1. The zero-order valence-corrected chi connectivity index (χ0v) is 10.8. The molecule has 3 heteroatoms. The Kier molecular flexibility index (Phi) is 3.64. The maximum atomic E-state index is 6.08. The molecule has 1 aromatic rings. The van der Waals surface area contributed by atoms with Gasteiger partial charge in [0.15, 0.2) is 0 Å². The molecule has 2 aliphatic rings. The molecule has 0 N–H and O–H groups in total. The Labute approximate surface area is 108 Å². The predicted molar refractivity (Wildman–Crippen MR) is 68.3 cm³/mol. The normalized spacial score (nSPS) is 23.9. The lowest BCUT2D eigenvalue weighted by atomic mass is 9.99. The van der Waals surface area contributed by atoms with Crippen LogP contribution in [-0.4, -0.2) is 26.4 Å². The predicted octanol–water partition coefficient (Wildman–Crippen LogP) is 2.70. The number of hydrogen-bond donors (Lipinski definition) is 0. The van der Waals surface area contributed by atoms with E-state index in [1.165, 1.54) is 24.0 Å². The molecule has 1 aromatic carbocycles. The number of ether oxygens (including phenoxy) is 3. The Balaban J connectivity index is 1.74. The summed E-state index contributed by atoms with van der Waals surface area (Å²) in [6.07, 6.45) is 3.11. The van der Waals surface area contributed by atoms with Crippen LogP contribution in [0.2, 0.25) is 0 Å². The zero-order chi connectivity index (χ0) is 12.4. The molecule has 3 nitrogen and oxygen atoms in total. The van der Waals surface area contributed by atoms with Gasteiger partial charge in [0, 0.05) is 7.11 Å². The van der Waals surface area contributed by atoms with Gasteiger partial charge in [0.25, 0.3) is 0 Å². The first-order chi connectivity index (χ1) is 8.88. The van der Waals surface area contributed by atoms with E-state index in [2.05, 4.69) is 24.3 Å². The van der Waals surface area contributed by atoms with Crippen LogP contribution in [0.15, 0.2) is 24.3 Å². The van der Waals surface area contributed by atoms with Crippen LogP contribution in [0.5, 0.6) is 0 Å². The highest BCUT2D eigenvalue weighted by Crippen LogP contribution is 2.44. The maximum absolute atomic E-state index is 6.08. The Morgan fingerprint density at radius 3 is 2.78 bits per heavy atom. The Morgan fingerprint density at radius 2 is 2.11 bits per heavy atom. The Morgan fingerprint density at radius 1 is 1.33 bits per heavy atom. The van der Waals surface area contributed by atoms with E-state index in [0.717, 1.165) is 13.2 Å². The minimum atomic E-state index is 0.223. The summed E-state index contributed by atoms with van der Waals surface area (Å²) in [5.74, 6) is 0.682. The molecule has 0 bridgehead atoms. The molecule has 0 radical (unpaired) electrons. The van der Waals surface area contributed by atoms with Crippen molar-refractivity contribution in [3.8, 4) is 0 Å². The summed E-state index contributed by atoms with van der Waals surface area (Å²) in [5.41, 5.74) is 2.54. The summed E-state index contributed by atoms with van der Waals surface area (Å²) >= 11 is 0. The SMILES string of the molecule is COCc1ccccc1[C@@H](OC[C@H]1CO1)C1CC1. The number of rotatable bonds is 7. The topological polar surface area (TPSA) is 31.0 Å². The smallest absolute Gasteiger partial charge is 0.104 e. The molecule has 0 spiro atoms. The molecular formula is C15H20O3. The molecule has 1 heterocycles. The van der Waals surface area contributed by atoms with Crippen LogP contribution in [0, 0.1) is 5.92 Å². The van der Waals surface area contributed by atoms with Gasteiger partial charge in [-0.05, 0) is 29.9 Å². The third kappa shape index (κ3) is 2.91. The van der Waals surface area contributed by atoms with E-state index in [0.29, 0.717) is 18.6 Å². The van der Waals surface area contributed by atoms with Crippen molar-refractivity contribution in [3.63, 3.8) is 0 Å². The standard InChI is InChI=1S/C15H20O3/c1-16-8-12-4-2-3-5-14(12)15(11-6-7-11)18-10-13-9-17-13/h2-5,11,13,15H,6-10H2,1H3/t13-,15+/m1/s1. The number of epoxide rings is 1. The minimum Gasteiger partial charge on any atom is -0.380 e. The molecular weight excluding hydrogens is 228 g/mol. The second-order valence-electron chi connectivity index (χ2n) is 5.18. The molecule has 1 aliphatic carbocycles. The van der Waals surface area contributed by atoms with E-state index in [-0.39, 0.29) is 6.10 Å². The van der Waals surface area contributed by atoms with Crippen LogP contribution in [0.4, 0.5) is 0 Å². The lowest BCUT2D eigenvalue weighted by Gasteiger charge is -2.20. The third-order valence-electron chi connectivity index (χ3n) is 3.58. The van der Waals surface area contributed by atoms with Gasteiger partial charge in [0.05, 0.1) is 25.9 Å². The van der Waals surface area contributed by atoms with Gasteiger partial charge in [-0.25, -0.2) is 0 Å². The molecule has 1 aliphatic heterocycles. The summed E-state index contributed by atoms with van der Waals surface area (Å²) in [6.45, 7) is 2.24. The summed E-state index contributed by atoms with van der Waals surface area (Å²) in [6, 6.07) is 8.45. The van der Waals surface area contributed by atoms with Crippen LogP contribution in [0.1, 0.15) is 30.1 Å². The molecule has 0 amide bonds. The van der Waals surface area contributed by atoms with Gasteiger partial charge in [-0.15, -0.1) is 0 Å². The molecule has 1 saturated heterocycles. The molecule has 0 aromatic heterocycles. The van der Waals surface area contributed by atoms with Gasteiger partial charge in [-0.1, -0.05) is 24.3 Å². The average Bonchev–Trinajstić information content (AvgIpc) is 3.26. The lowest BCUT2D eigenvalue weighted by molar-refractivity contribution is 0.0259. The van der Waals surface area contributed by atoms with E-state index in [4.69, 9.17) is 14.2 Å². The van der Waals surface area contributed by atoms with Gasteiger partial charge in [-0.2, -0.15) is 0 Å². The second kappa shape index (κ2) is 5.39. The second-order valence-corrected chi connectivity index (χ2v) is 5.18. The van der Waals surface area contributed by atoms with Crippen molar-refractivity contribution in [1.29, 1.82) is 0 Å². The molecule has 2 atom stereocenters. The van der Waals surface area contributed by atoms with Crippen molar-refractivity contribution in [3.05, 3.63) is 35.4 Å². The summed E-state index contributed by atoms with van der Waals surface area (Å²) < 4.78 is 16.6. The fourth-order valence-corrected chi connectivity index (χ4v) is 2.35. The fraction of sp³-hybridized carbons (Fsp3) is 0.600. The minimum absolute atomic E-state index is 0.223. The van der Waals surface area contributed by atoms with Crippen molar-refractivity contribution in [1.82, 2.24) is 0 Å². The Hall–Kier alpha value is -0.900. The lowest BCUT2D eigenvalue weighted by Crippen LogP contribution is -2.13. The molecule has 3 rings (SSSR count). The van der Waals surface area contributed by atoms with Crippen LogP contribution >= 0.6 is 0 Å².